The molecule has 3 aromatic rings. The Labute approximate surface area is 198 Å². The second-order valence-electron chi connectivity index (χ2n) is 8.40. The van der Waals surface area contributed by atoms with Gasteiger partial charge in [-0.05, 0) is 36.9 Å². The Hall–Kier alpha value is -2.13. The summed E-state index contributed by atoms with van der Waals surface area (Å²) in [6.07, 6.45) is 2.11. The van der Waals surface area contributed by atoms with Crippen LogP contribution in [0.5, 0.6) is 0 Å². The maximum absolute atomic E-state index is 6.17. The van der Waals surface area contributed by atoms with Crippen molar-refractivity contribution in [3.8, 4) is 5.13 Å². The van der Waals surface area contributed by atoms with Crippen LogP contribution in [0.15, 0.2) is 42.6 Å². The van der Waals surface area contributed by atoms with Crippen molar-refractivity contribution in [1.82, 2.24) is 24.6 Å². The molecule has 0 N–H and O–H groups in total. The Balaban J connectivity index is 1.20. The maximum Gasteiger partial charge on any atom is 0.218 e. The molecule has 170 valence electrons. The molecule has 1 aromatic carbocycles. The third kappa shape index (κ3) is 4.78. The Morgan fingerprint density at radius 3 is 2.31 bits per heavy atom. The summed E-state index contributed by atoms with van der Waals surface area (Å²) in [6.45, 7) is 12.6. The lowest BCUT2D eigenvalue weighted by atomic mass is 10.2. The minimum atomic E-state index is 0.798. The van der Waals surface area contributed by atoms with Crippen LogP contribution >= 0.6 is 22.9 Å². The number of hydrogen-bond donors (Lipinski definition) is 0. The average Bonchev–Trinajstić information content (AvgIpc) is 3.49. The van der Waals surface area contributed by atoms with Crippen LogP contribution in [0.2, 0.25) is 5.02 Å². The zero-order chi connectivity index (χ0) is 21.9. The van der Waals surface area contributed by atoms with E-state index in [0.717, 1.165) is 80.7 Å². The van der Waals surface area contributed by atoms with E-state index in [1.807, 2.05) is 12.1 Å². The molecule has 2 aromatic heterocycles. The number of aromatic nitrogens is 3. The molecular weight excluding hydrogens is 442 g/mol. The van der Waals surface area contributed by atoms with E-state index >= 15 is 0 Å². The molecule has 4 heterocycles. The van der Waals surface area contributed by atoms with Gasteiger partial charge < -0.3 is 14.7 Å². The molecule has 7 nitrogen and oxygen atoms in total. The van der Waals surface area contributed by atoms with E-state index in [9.17, 15) is 0 Å². The smallest absolute Gasteiger partial charge is 0.218 e. The van der Waals surface area contributed by atoms with Gasteiger partial charge in [-0.1, -0.05) is 35.9 Å². The lowest BCUT2D eigenvalue weighted by Crippen LogP contribution is -2.46. The molecule has 0 saturated carbocycles. The molecule has 2 saturated heterocycles. The van der Waals surface area contributed by atoms with Gasteiger partial charge in [0.25, 0.3) is 0 Å². The molecule has 5 rings (SSSR count). The van der Waals surface area contributed by atoms with Gasteiger partial charge in [0, 0.05) is 81.5 Å². The van der Waals surface area contributed by atoms with Crippen molar-refractivity contribution in [3.63, 3.8) is 0 Å². The molecule has 0 unspecified atom stereocenters. The fraction of sp³-hybridized carbons (Fsp3) is 0.478. The van der Waals surface area contributed by atoms with Crippen LogP contribution in [-0.4, -0.2) is 83.5 Å². The standard InChI is InChI=1S/C23H30ClN7S/c1-2-27-9-15-30(16-10-27)22-25-26-23(32-22)31-8-4-7-21(31)18-28-11-13-29(14-12-28)20-6-3-5-19(24)17-20/h3-8,17H,2,9-16,18H2,1H3. The van der Waals surface area contributed by atoms with E-state index in [4.69, 9.17) is 11.6 Å². The van der Waals surface area contributed by atoms with Crippen molar-refractivity contribution in [2.24, 2.45) is 0 Å². The summed E-state index contributed by atoms with van der Waals surface area (Å²) in [5, 5.41) is 11.8. The minimum absolute atomic E-state index is 0.798. The summed E-state index contributed by atoms with van der Waals surface area (Å²) in [5.41, 5.74) is 2.47. The monoisotopic (exact) mass is 471 g/mol. The number of anilines is 2. The lowest BCUT2D eigenvalue weighted by Gasteiger charge is -2.36. The van der Waals surface area contributed by atoms with Gasteiger partial charge in [-0.2, -0.15) is 0 Å². The molecule has 32 heavy (non-hydrogen) atoms. The molecule has 2 aliphatic rings. The first-order valence-electron chi connectivity index (χ1n) is 11.4. The highest BCUT2D eigenvalue weighted by Gasteiger charge is 2.22. The van der Waals surface area contributed by atoms with Crippen LogP contribution in [0.3, 0.4) is 0 Å². The second kappa shape index (κ2) is 9.79. The van der Waals surface area contributed by atoms with Crippen LogP contribution in [0.1, 0.15) is 12.6 Å². The highest BCUT2D eigenvalue weighted by atomic mass is 35.5. The van der Waals surface area contributed by atoms with Crippen LogP contribution in [-0.2, 0) is 6.54 Å². The summed E-state index contributed by atoms with van der Waals surface area (Å²) in [5.74, 6) is 0. The first-order chi connectivity index (χ1) is 15.7. The van der Waals surface area contributed by atoms with E-state index in [0.29, 0.717) is 0 Å². The number of piperazine rings is 2. The topological polar surface area (TPSA) is 43.7 Å². The van der Waals surface area contributed by atoms with E-state index in [1.165, 1.54) is 11.4 Å². The number of hydrogen-bond acceptors (Lipinski definition) is 7. The zero-order valence-corrected chi connectivity index (χ0v) is 20.1. The quantitative estimate of drug-likeness (QED) is 0.548. The SMILES string of the molecule is CCN1CCN(c2nnc(-n3cccc3CN3CCN(c4cccc(Cl)c4)CC3)s2)CC1. The van der Waals surface area contributed by atoms with Crippen molar-refractivity contribution in [2.75, 3.05) is 68.7 Å². The van der Waals surface area contributed by atoms with Crippen molar-refractivity contribution in [3.05, 3.63) is 53.3 Å². The van der Waals surface area contributed by atoms with Gasteiger partial charge in [-0.25, -0.2) is 0 Å². The van der Waals surface area contributed by atoms with Crippen LogP contribution in [0, 0.1) is 0 Å². The molecule has 0 atom stereocenters. The van der Waals surface area contributed by atoms with Crippen LogP contribution < -0.4 is 9.80 Å². The van der Waals surface area contributed by atoms with Gasteiger partial charge in [-0.15, -0.1) is 10.2 Å². The molecule has 0 spiro atoms. The lowest BCUT2D eigenvalue weighted by molar-refractivity contribution is 0.246. The fourth-order valence-corrected chi connectivity index (χ4v) is 5.59. The first kappa shape index (κ1) is 21.7. The first-order valence-corrected chi connectivity index (χ1v) is 12.6. The molecule has 0 aliphatic carbocycles. The summed E-state index contributed by atoms with van der Waals surface area (Å²) in [7, 11) is 0. The largest absolute Gasteiger partial charge is 0.369 e. The summed E-state index contributed by atoms with van der Waals surface area (Å²) in [4.78, 5) is 9.77. The van der Waals surface area contributed by atoms with Crippen molar-refractivity contribution in [1.29, 1.82) is 0 Å². The van der Waals surface area contributed by atoms with Gasteiger partial charge in [0.15, 0.2) is 0 Å². The van der Waals surface area contributed by atoms with E-state index in [-0.39, 0.29) is 0 Å². The molecule has 9 heteroatoms. The minimum Gasteiger partial charge on any atom is -0.369 e. The van der Waals surface area contributed by atoms with E-state index < -0.39 is 0 Å². The highest BCUT2D eigenvalue weighted by molar-refractivity contribution is 7.17. The van der Waals surface area contributed by atoms with Gasteiger partial charge in [0.2, 0.25) is 10.3 Å². The number of likely N-dealkylation sites (N-methyl/N-ethyl adjacent to an activating group) is 1. The zero-order valence-electron chi connectivity index (χ0n) is 18.5. The summed E-state index contributed by atoms with van der Waals surface area (Å²) in [6, 6.07) is 12.5. The molecular formula is C23H30ClN7S. The normalized spacial score (nSPS) is 18.4. The fourth-order valence-electron chi connectivity index (χ4n) is 4.49. The molecule has 0 bridgehead atoms. The summed E-state index contributed by atoms with van der Waals surface area (Å²) < 4.78 is 2.20. The van der Waals surface area contributed by atoms with Crippen LogP contribution in [0.25, 0.3) is 5.13 Å². The Bertz CT molecular complexity index is 1020. The second-order valence-corrected chi connectivity index (χ2v) is 9.77. The molecule has 0 radical (unpaired) electrons. The number of benzene rings is 1. The predicted molar refractivity (Wildman–Crippen MR) is 133 cm³/mol. The highest BCUT2D eigenvalue weighted by Crippen LogP contribution is 2.26. The van der Waals surface area contributed by atoms with Crippen molar-refractivity contribution >= 4 is 33.8 Å². The molecule has 2 fully saturated rings. The van der Waals surface area contributed by atoms with E-state index in [1.54, 1.807) is 11.3 Å². The van der Waals surface area contributed by atoms with Gasteiger partial charge >= 0.3 is 0 Å². The third-order valence-corrected chi connectivity index (χ3v) is 7.68. The van der Waals surface area contributed by atoms with Gasteiger partial charge in [0.05, 0.1) is 0 Å². The van der Waals surface area contributed by atoms with Crippen molar-refractivity contribution < 1.29 is 0 Å². The number of nitrogens with zero attached hydrogens (tertiary/aromatic N) is 7. The maximum atomic E-state index is 6.17. The molecule has 0 amide bonds. The number of halogens is 1. The van der Waals surface area contributed by atoms with Crippen LogP contribution in [0.4, 0.5) is 10.8 Å². The average molecular weight is 472 g/mol. The summed E-state index contributed by atoms with van der Waals surface area (Å²) >= 11 is 7.86. The Kier molecular flexibility index (Phi) is 6.64. The Morgan fingerprint density at radius 1 is 0.844 bits per heavy atom. The molecule has 2 aliphatic heterocycles. The number of rotatable bonds is 6. The van der Waals surface area contributed by atoms with E-state index in [2.05, 4.69) is 71.8 Å². The third-order valence-electron chi connectivity index (χ3n) is 6.46. The van der Waals surface area contributed by atoms with Crippen molar-refractivity contribution in [2.45, 2.75) is 13.5 Å². The van der Waals surface area contributed by atoms with Gasteiger partial charge in [0.1, 0.15) is 0 Å². The van der Waals surface area contributed by atoms with Gasteiger partial charge in [-0.3, -0.25) is 9.47 Å². The predicted octanol–water partition coefficient (Wildman–Crippen LogP) is 3.45. The Morgan fingerprint density at radius 2 is 1.56 bits per heavy atom.